The largest absolute Gasteiger partial charge is 0.398 e. The number of anilines is 1. The van der Waals surface area contributed by atoms with Gasteiger partial charge in [0.05, 0.1) is 0 Å². The van der Waals surface area contributed by atoms with Crippen molar-refractivity contribution in [3.8, 4) is 33.4 Å². The van der Waals surface area contributed by atoms with Crippen molar-refractivity contribution in [2.75, 3.05) is 5.73 Å². The maximum absolute atomic E-state index is 6.69. The van der Waals surface area contributed by atoms with Gasteiger partial charge in [0.1, 0.15) is 0 Å². The van der Waals surface area contributed by atoms with Crippen LogP contribution < -0.4 is 5.73 Å². The zero-order valence-electron chi connectivity index (χ0n) is 21.6. The standard InChI is InChI=1S/C38H27N/c1-2-31-36(29-21-19-25-11-3-5-13-27(25)23-29)32-15-7-8-16-33(32)37(38(31)34-17-9-10-18-35(34)39)30-22-20-26-12-4-6-14-28(26)24-30/h2-24H,1,39H2. The van der Waals surface area contributed by atoms with Gasteiger partial charge in [-0.3, -0.25) is 0 Å². The highest BCUT2D eigenvalue weighted by Crippen LogP contribution is 2.48. The van der Waals surface area contributed by atoms with Crippen LogP contribution in [0.2, 0.25) is 0 Å². The molecular weight excluding hydrogens is 470 g/mol. The van der Waals surface area contributed by atoms with E-state index >= 15 is 0 Å². The van der Waals surface area contributed by atoms with Crippen LogP contribution in [0.1, 0.15) is 5.56 Å². The van der Waals surface area contributed by atoms with Crippen LogP contribution in [0.15, 0.2) is 140 Å². The lowest BCUT2D eigenvalue weighted by Crippen LogP contribution is -1.99. The Bertz CT molecular complexity index is 2050. The minimum atomic E-state index is 0.752. The number of hydrogen-bond acceptors (Lipinski definition) is 1. The number of fused-ring (bicyclic) bond motifs is 3. The molecule has 0 aliphatic carbocycles. The first-order valence-electron chi connectivity index (χ1n) is 13.3. The molecule has 1 heteroatoms. The van der Waals surface area contributed by atoms with E-state index in [-0.39, 0.29) is 0 Å². The average molecular weight is 498 g/mol. The van der Waals surface area contributed by atoms with Gasteiger partial charge < -0.3 is 5.73 Å². The quantitative estimate of drug-likeness (QED) is 0.240. The van der Waals surface area contributed by atoms with Gasteiger partial charge in [0.2, 0.25) is 0 Å². The molecule has 0 radical (unpaired) electrons. The maximum atomic E-state index is 6.69. The van der Waals surface area contributed by atoms with Gasteiger partial charge in [-0.2, -0.15) is 0 Å². The molecule has 0 aliphatic rings. The molecule has 0 bridgehead atoms. The zero-order chi connectivity index (χ0) is 26.3. The Morgan fingerprint density at radius 3 is 1.54 bits per heavy atom. The van der Waals surface area contributed by atoms with Crippen molar-refractivity contribution in [1.29, 1.82) is 0 Å². The molecule has 0 aromatic heterocycles. The van der Waals surface area contributed by atoms with E-state index in [9.17, 15) is 0 Å². The Hall–Kier alpha value is -5.14. The number of benzene rings is 7. The molecule has 0 saturated heterocycles. The summed E-state index contributed by atoms with van der Waals surface area (Å²) in [4.78, 5) is 0. The van der Waals surface area contributed by atoms with Crippen molar-refractivity contribution in [1.82, 2.24) is 0 Å². The minimum absolute atomic E-state index is 0.752. The van der Waals surface area contributed by atoms with Gasteiger partial charge in [-0.15, -0.1) is 0 Å². The van der Waals surface area contributed by atoms with Gasteiger partial charge in [0.25, 0.3) is 0 Å². The first-order valence-corrected chi connectivity index (χ1v) is 13.3. The molecule has 1 nitrogen and oxygen atoms in total. The van der Waals surface area contributed by atoms with Crippen LogP contribution in [0.4, 0.5) is 5.69 Å². The summed E-state index contributed by atoms with van der Waals surface area (Å²) >= 11 is 0. The van der Waals surface area contributed by atoms with Crippen molar-refractivity contribution in [2.45, 2.75) is 0 Å². The molecule has 0 heterocycles. The summed E-state index contributed by atoms with van der Waals surface area (Å²) in [7, 11) is 0. The SMILES string of the molecule is C=Cc1c(-c2ccccc2N)c(-c2ccc3ccccc3c2)c2ccccc2c1-c1ccc2ccccc2c1. The van der Waals surface area contributed by atoms with Gasteiger partial charge in [0.15, 0.2) is 0 Å². The second-order valence-electron chi connectivity index (χ2n) is 10.00. The monoisotopic (exact) mass is 497 g/mol. The van der Waals surface area contributed by atoms with Gasteiger partial charge >= 0.3 is 0 Å². The van der Waals surface area contributed by atoms with Crippen LogP contribution in [0.5, 0.6) is 0 Å². The summed E-state index contributed by atoms with van der Waals surface area (Å²) in [6, 6.07) is 47.4. The van der Waals surface area contributed by atoms with E-state index in [4.69, 9.17) is 5.73 Å². The predicted octanol–water partition coefficient (Wildman–Crippen LogP) is 10.4. The molecule has 7 rings (SSSR count). The number of rotatable bonds is 4. The summed E-state index contributed by atoms with van der Waals surface area (Å²) in [6.45, 7) is 4.35. The Morgan fingerprint density at radius 1 is 0.462 bits per heavy atom. The number of nitrogen functional groups attached to an aromatic ring is 1. The number of para-hydroxylation sites is 1. The molecule has 0 amide bonds. The fourth-order valence-corrected chi connectivity index (χ4v) is 5.97. The third-order valence-electron chi connectivity index (χ3n) is 7.76. The maximum Gasteiger partial charge on any atom is 0.0394 e. The van der Waals surface area contributed by atoms with Crippen LogP contribution in [-0.2, 0) is 0 Å². The van der Waals surface area contributed by atoms with E-state index in [1.165, 1.54) is 49.0 Å². The molecule has 0 aliphatic heterocycles. The van der Waals surface area contributed by atoms with Crippen LogP contribution >= 0.6 is 0 Å². The smallest absolute Gasteiger partial charge is 0.0394 e. The van der Waals surface area contributed by atoms with Crippen molar-refractivity contribution in [2.24, 2.45) is 0 Å². The van der Waals surface area contributed by atoms with Crippen LogP contribution in [-0.4, -0.2) is 0 Å². The van der Waals surface area contributed by atoms with Gasteiger partial charge in [-0.1, -0.05) is 128 Å². The summed E-state index contributed by atoms with van der Waals surface area (Å²) in [5, 5.41) is 7.27. The van der Waals surface area contributed by atoms with Crippen molar-refractivity contribution in [3.63, 3.8) is 0 Å². The first kappa shape index (κ1) is 23.0. The van der Waals surface area contributed by atoms with Crippen LogP contribution in [0, 0.1) is 0 Å². The van der Waals surface area contributed by atoms with E-state index < -0.39 is 0 Å². The molecule has 7 aromatic carbocycles. The molecule has 2 N–H and O–H groups in total. The van der Waals surface area contributed by atoms with Crippen LogP contribution in [0.3, 0.4) is 0 Å². The lowest BCUT2D eigenvalue weighted by atomic mass is 9.80. The third kappa shape index (κ3) is 3.79. The van der Waals surface area contributed by atoms with E-state index in [0.29, 0.717) is 0 Å². The second-order valence-corrected chi connectivity index (χ2v) is 10.00. The normalized spacial score (nSPS) is 11.3. The van der Waals surface area contributed by atoms with Crippen molar-refractivity contribution >= 4 is 44.1 Å². The first-order chi connectivity index (χ1) is 19.2. The van der Waals surface area contributed by atoms with Crippen molar-refractivity contribution < 1.29 is 0 Å². The zero-order valence-corrected chi connectivity index (χ0v) is 21.6. The summed E-state index contributed by atoms with van der Waals surface area (Å²) < 4.78 is 0. The Morgan fingerprint density at radius 2 is 0.949 bits per heavy atom. The summed E-state index contributed by atoms with van der Waals surface area (Å²) in [5.74, 6) is 0. The summed E-state index contributed by atoms with van der Waals surface area (Å²) in [5.41, 5.74) is 15.3. The highest BCUT2D eigenvalue weighted by Gasteiger charge is 2.22. The molecule has 39 heavy (non-hydrogen) atoms. The fraction of sp³-hybridized carbons (Fsp3) is 0. The molecular formula is C38H27N. The van der Waals surface area contributed by atoms with E-state index in [1.807, 2.05) is 18.2 Å². The van der Waals surface area contributed by atoms with Gasteiger partial charge in [0, 0.05) is 16.8 Å². The van der Waals surface area contributed by atoms with E-state index in [2.05, 4.69) is 128 Å². The Kier molecular flexibility index (Phi) is 5.49. The lowest BCUT2D eigenvalue weighted by molar-refractivity contribution is 1.58. The van der Waals surface area contributed by atoms with E-state index in [1.54, 1.807) is 0 Å². The van der Waals surface area contributed by atoms with E-state index in [0.717, 1.165) is 27.9 Å². The minimum Gasteiger partial charge on any atom is -0.398 e. The fourth-order valence-electron chi connectivity index (χ4n) is 5.97. The topological polar surface area (TPSA) is 26.0 Å². The number of nitrogens with two attached hydrogens (primary N) is 1. The van der Waals surface area contributed by atoms with Gasteiger partial charge in [-0.25, -0.2) is 0 Å². The second kappa shape index (κ2) is 9.31. The Balaban J connectivity index is 1.66. The van der Waals surface area contributed by atoms with Crippen LogP contribution in [0.25, 0.3) is 71.8 Å². The molecule has 0 unspecified atom stereocenters. The number of hydrogen-bond donors (Lipinski definition) is 1. The Labute approximate surface area is 228 Å². The lowest BCUT2D eigenvalue weighted by Gasteiger charge is -2.23. The molecule has 0 fully saturated rings. The predicted molar refractivity (Wildman–Crippen MR) is 170 cm³/mol. The average Bonchev–Trinajstić information content (AvgIpc) is 2.99. The third-order valence-corrected chi connectivity index (χ3v) is 7.76. The van der Waals surface area contributed by atoms with Gasteiger partial charge in [-0.05, 0) is 78.3 Å². The highest BCUT2D eigenvalue weighted by molar-refractivity contribution is 6.16. The molecule has 7 aromatic rings. The molecule has 0 spiro atoms. The highest BCUT2D eigenvalue weighted by atomic mass is 14.6. The summed E-state index contributed by atoms with van der Waals surface area (Å²) in [6.07, 6.45) is 2.00. The molecule has 0 atom stereocenters. The molecule has 0 saturated carbocycles. The van der Waals surface area contributed by atoms with Crippen molar-refractivity contribution in [3.05, 3.63) is 146 Å². The molecule has 184 valence electrons.